The molecule has 2 heterocycles. The van der Waals surface area contributed by atoms with Gasteiger partial charge in [0, 0.05) is 36.5 Å². The first-order valence-corrected chi connectivity index (χ1v) is 11.6. The van der Waals surface area contributed by atoms with E-state index >= 15 is 0 Å². The second kappa shape index (κ2) is 8.82. The maximum Gasteiger partial charge on any atom is 0.191 e. The zero-order chi connectivity index (χ0) is 22.9. The highest BCUT2D eigenvalue weighted by atomic mass is 32.2. The number of allylic oxidation sites excluding steroid dienone is 2. The molecular weight excluding hydrogens is 420 g/mol. The first-order chi connectivity index (χ1) is 15.4. The lowest BCUT2D eigenvalue weighted by molar-refractivity contribution is -0.112. The maximum atomic E-state index is 12.9. The van der Waals surface area contributed by atoms with Crippen LogP contribution in [0.1, 0.15) is 26.3 Å². The fourth-order valence-electron chi connectivity index (χ4n) is 4.30. The molecule has 1 aromatic heterocycles. The van der Waals surface area contributed by atoms with E-state index in [1.807, 2.05) is 54.9 Å². The van der Waals surface area contributed by atoms with Crippen molar-refractivity contribution in [2.45, 2.75) is 37.9 Å². The Kier molecular flexibility index (Phi) is 6.11. The van der Waals surface area contributed by atoms with Crippen LogP contribution in [0, 0.1) is 0 Å². The molecule has 0 unspecified atom stereocenters. The van der Waals surface area contributed by atoms with Gasteiger partial charge in [-0.2, -0.15) is 0 Å². The van der Waals surface area contributed by atoms with Gasteiger partial charge in [-0.1, -0.05) is 55.9 Å². The number of aromatic nitrogens is 3. The van der Waals surface area contributed by atoms with E-state index in [2.05, 4.69) is 41.1 Å². The number of carbonyl (C=O) groups is 1. The number of thioether (sulfide) groups is 1. The molecule has 0 saturated heterocycles. The van der Waals surface area contributed by atoms with E-state index in [4.69, 9.17) is 4.74 Å². The van der Waals surface area contributed by atoms with Gasteiger partial charge in [0.1, 0.15) is 5.75 Å². The Morgan fingerprint density at radius 1 is 1.12 bits per heavy atom. The Morgan fingerprint density at radius 2 is 1.84 bits per heavy atom. The predicted molar refractivity (Wildman–Crippen MR) is 129 cm³/mol. The molecule has 166 valence electrons. The minimum atomic E-state index is -0.216. The first kappa shape index (κ1) is 22.1. The summed E-state index contributed by atoms with van der Waals surface area (Å²) in [6, 6.07) is 16.1. The summed E-state index contributed by atoms with van der Waals surface area (Å²) >= 11 is 1.41. The monoisotopic (exact) mass is 448 g/mol. The van der Waals surface area contributed by atoms with Gasteiger partial charge in [0.2, 0.25) is 0 Å². The van der Waals surface area contributed by atoms with Crippen LogP contribution in [0.5, 0.6) is 5.75 Å². The number of anilines is 1. The molecule has 1 aliphatic heterocycles. The van der Waals surface area contributed by atoms with Crippen molar-refractivity contribution in [1.29, 1.82) is 0 Å². The molecule has 0 saturated carbocycles. The van der Waals surface area contributed by atoms with Crippen LogP contribution in [0.3, 0.4) is 0 Å². The largest absolute Gasteiger partial charge is 0.496 e. The number of fused-ring (bicyclic) bond motifs is 1. The normalized spacial score (nSPS) is 15.8. The second-order valence-corrected chi connectivity index (χ2v) is 9.18. The molecule has 0 N–H and O–H groups in total. The number of ether oxygens (including phenoxy) is 1. The molecule has 0 aliphatic carbocycles. The van der Waals surface area contributed by atoms with E-state index in [-0.39, 0.29) is 11.2 Å². The smallest absolute Gasteiger partial charge is 0.191 e. The van der Waals surface area contributed by atoms with Crippen LogP contribution in [0.25, 0.3) is 11.4 Å². The van der Waals surface area contributed by atoms with Gasteiger partial charge >= 0.3 is 0 Å². The Bertz CT molecular complexity index is 1180. The lowest BCUT2D eigenvalue weighted by Gasteiger charge is -2.23. The van der Waals surface area contributed by atoms with Crippen LogP contribution in [0.15, 0.2) is 65.5 Å². The standard InChI is InChI=1S/C25H28N4O2S/c1-6-29-23(18-11-7-10-14-21(18)31-5)26-27-24(29)32-16-17(30)15-22-25(2,3)19-12-8-9-13-20(19)28(22)4/h7-15H,6,16H2,1-5H3. The summed E-state index contributed by atoms with van der Waals surface area (Å²) in [6.45, 7) is 7.07. The van der Waals surface area contributed by atoms with Gasteiger partial charge in [-0.15, -0.1) is 10.2 Å². The van der Waals surface area contributed by atoms with Gasteiger partial charge in [0.25, 0.3) is 0 Å². The third kappa shape index (κ3) is 3.81. The number of hydrogen-bond donors (Lipinski definition) is 0. The molecule has 1 aliphatic rings. The summed E-state index contributed by atoms with van der Waals surface area (Å²) in [5.74, 6) is 1.85. The fraction of sp³-hybridized carbons (Fsp3) is 0.320. The molecule has 4 rings (SSSR count). The van der Waals surface area contributed by atoms with Gasteiger partial charge in [-0.25, -0.2) is 0 Å². The molecule has 0 amide bonds. The van der Waals surface area contributed by atoms with Crippen molar-refractivity contribution >= 4 is 23.2 Å². The fourth-order valence-corrected chi connectivity index (χ4v) is 5.12. The number of nitrogens with zero attached hydrogens (tertiary/aromatic N) is 4. The highest BCUT2D eigenvalue weighted by Gasteiger charge is 2.38. The molecule has 6 nitrogen and oxygen atoms in total. The zero-order valence-corrected chi connectivity index (χ0v) is 19.9. The van der Waals surface area contributed by atoms with E-state index in [0.29, 0.717) is 12.3 Å². The minimum absolute atomic E-state index is 0.0576. The van der Waals surface area contributed by atoms with E-state index in [1.165, 1.54) is 17.3 Å². The first-order valence-electron chi connectivity index (χ1n) is 10.7. The summed E-state index contributed by atoms with van der Waals surface area (Å²) < 4.78 is 7.50. The highest BCUT2D eigenvalue weighted by Crippen LogP contribution is 2.46. The summed E-state index contributed by atoms with van der Waals surface area (Å²) in [5.41, 5.74) is 4.07. The summed E-state index contributed by atoms with van der Waals surface area (Å²) in [5, 5.41) is 9.47. The van der Waals surface area contributed by atoms with Crippen molar-refractivity contribution in [3.8, 4) is 17.1 Å². The van der Waals surface area contributed by atoms with Gasteiger partial charge in [-0.05, 0) is 30.7 Å². The zero-order valence-electron chi connectivity index (χ0n) is 19.1. The number of hydrogen-bond acceptors (Lipinski definition) is 6. The minimum Gasteiger partial charge on any atom is -0.496 e. The quantitative estimate of drug-likeness (QED) is 0.377. The van der Waals surface area contributed by atoms with Crippen LogP contribution < -0.4 is 9.64 Å². The maximum absolute atomic E-state index is 12.9. The van der Waals surface area contributed by atoms with Gasteiger partial charge in [0.05, 0.1) is 18.4 Å². The number of methoxy groups -OCH3 is 1. The van der Waals surface area contributed by atoms with E-state index in [1.54, 1.807) is 13.2 Å². The van der Waals surface area contributed by atoms with Gasteiger partial charge in [-0.3, -0.25) is 4.79 Å². The third-order valence-corrected chi connectivity index (χ3v) is 6.95. The molecule has 7 heteroatoms. The predicted octanol–water partition coefficient (Wildman–Crippen LogP) is 4.95. The molecule has 32 heavy (non-hydrogen) atoms. The molecule has 0 fully saturated rings. The Balaban J connectivity index is 1.54. The average molecular weight is 449 g/mol. The van der Waals surface area contributed by atoms with Crippen LogP contribution in [-0.4, -0.2) is 40.5 Å². The number of likely N-dealkylation sites (N-methyl/N-ethyl adjacent to an activating group) is 1. The Labute approximate surface area is 193 Å². The Hall–Kier alpha value is -3.06. The van der Waals surface area contributed by atoms with E-state index in [9.17, 15) is 4.79 Å². The molecule has 3 aromatic rings. The van der Waals surface area contributed by atoms with Crippen molar-refractivity contribution in [2.75, 3.05) is 24.8 Å². The summed E-state index contributed by atoms with van der Waals surface area (Å²) in [4.78, 5) is 15.0. The van der Waals surface area contributed by atoms with Crippen LogP contribution >= 0.6 is 11.8 Å². The van der Waals surface area contributed by atoms with E-state index < -0.39 is 0 Å². The van der Waals surface area contributed by atoms with Crippen LogP contribution in [0.4, 0.5) is 5.69 Å². The number of benzene rings is 2. The summed E-state index contributed by atoms with van der Waals surface area (Å²) in [7, 11) is 3.67. The molecule has 0 radical (unpaired) electrons. The number of rotatable bonds is 7. The highest BCUT2D eigenvalue weighted by molar-refractivity contribution is 7.99. The summed E-state index contributed by atoms with van der Waals surface area (Å²) in [6.07, 6.45) is 1.78. The van der Waals surface area contributed by atoms with E-state index in [0.717, 1.165) is 33.7 Å². The van der Waals surface area contributed by atoms with Crippen molar-refractivity contribution in [3.05, 3.63) is 65.9 Å². The van der Waals surface area contributed by atoms with Crippen molar-refractivity contribution < 1.29 is 9.53 Å². The average Bonchev–Trinajstić information content (AvgIpc) is 3.30. The number of ketones is 1. The molecule has 2 aromatic carbocycles. The lowest BCUT2D eigenvalue weighted by atomic mass is 9.83. The number of carbonyl (C=O) groups excluding carboxylic acids is 1. The Morgan fingerprint density at radius 3 is 2.56 bits per heavy atom. The lowest BCUT2D eigenvalue weighted by Crippen LogP contribution is -2.24. The third-order valence-electron chi connectivity index (χ3n) is 5.96. The van der Waals surface area contributed by atoms with Crippen molar-refractivity contribution in [2.24, 2.45) is 0 Å². The number of para-hydroxylation sites is 2. The van der Waals surface area contributed by atoms with Crippen molar-refractivity contribution in [3.63, 3.8) is 0 Å². The molecule has 0 spiro atoms. The van der Waals surface area contributed by atoms with Gasteiger partial charge in [0.15, 0.2) is 16.8 Å². The van der Waals surface area contributed by atoms with Gasteiger partial charge < -0.3 is 14.2 Å². The topological polar surface area (TPSA) is 60.2 Å². The molecule has 0 bridgehead atoms. The van der Waals surface area contributed by atoms with Crippen LogP contribution in [0.2, 0.25) is 0 Å². The van der Waals surface area contributed by atoms with Crippen molar-refractivity contribution in [1.82, 2.24) is 14.8 Å². The van der Waals surface area contributed by atoms with Crippen LogP contribution in [-0.2, 0) is 16.8 Å². The second-order valence-electron chi connectivity index (χ2n) is 8.24. The molecular formula is C25H28N4O2S. The molecule has 0 atom stereocenters. The SMILES string of the molecule is CCn1c(SCC(=O)C=C2N(C)c3ccccc3C2(C)C)nnc1-c1ccccc1OC.